The Bertz CT molecular complexity index is 816. The van der Waals surface area contributed by atoms with Crippen LogP contribution in [0.5, 0.6) is 0 Å². The summed E-state index contributed by atoms with van der Waals surface area (Å²) >= 11 is 5.83. The maximum absolute atomic E-state index is 13.9. The molecule has 2 aromatic carbocycles. The molecule has 112 valence electrons. The molecule has 3 nitrogen and oxygen atoms in total. The van der Waals surface area contributed by atoms with Gasteiger partial charge in [0.15, 0.2) is 5.76 Å². The third kappa shape index (κ3) is 2.61. The van der Waals surface area contributed by atoms with E-state index in [1.165, 1.54) is 0 Å². The van der Waals surface area contributed by atoms with Gasteiger partial charge in [0, 0.05) is 10.6 Å². The van der Waals surface area contributed by atoms with Crippen molar-refractivity contribution in [2.75, 3.05) is 0 Å². The Kier molecular flexibility index (Phi) is 3.92. The maximum atomic E-state index is 13.9. The van der Waals surface area contributed by atoms with Crippen molar-refractivity contribution in [2.45, 2.75) is 6.61 Å². The molecule has 3 rings (SSSR count). The molecule has 22 heavy (non-hydrogen) atoms. The first-order valence-electron chi connectivity index (χ1n) is 6.41. The predicted octanol–water partition coefficient (Wildman–Crippen LogP) is 4.43. The summed E-state index contributed by atoms with van der Waals surface area (Å²) in [6, 6.07) is 9.73. The smallest absolute Gasteiger partial charge is 0.176 e. The molecule has 0 fully saturated rings. The molecule has 3 aromatic rings. The number of aliphatic hydroxyl groups excluding tert-OH is 1. The van der Waals surface area contributed by atoms with Crippen molar-refractivity contribution in [1.29, 1.82) is 0 Å². The second-order valence-corrected chi connectivity index (χ2v) is 5.06. The van der Waals surface area contributed by atoms with Crippen molar-refractivity contribution in [1.82, 2.24) is 5.16 Å². The summed E-state index contributed by atoms with van der Waals surface area (Å²) in [4.78, 5) is 0. The van der Waals surface area contributed by atoms with E-state index in [4.69, 9.17) is 16.1 Å². The number of benzene rings is 2. The summed E-state index contributed by atoms with van der Waals surface area (Å²) in [5.41, 5.74) is 1.21. The van der Waals surface area contributed by atoms with Crippen LogP contribution in [0.2, 0.25) is 5.02 Å². The van der Waals surface area contributed by atoms with Gasteiger partial charge in [-0.05, 0) is 30.3 Å². The van der Waals surface area contributed by atoms with Crippen LogP contribution in [-0.2, 0) is 6.61 Å². The molecule has 1 N–H and O–H groups in total. The van der Waals surface area contributed by atoms with Gasteiger partial charge in [0.25, 0.3) is 0 Å². The molecular formula is C16H10ClF2NO2. The van der Waals surface area contributed by atoms with E-state index in [2.05, 4.69) is 5.16 Å². The summed E-state index contributed by atoms with van der Waals surface area (Å²) in [5.74, 6) is -1.26. The highest BCUT2D eigenvalue weighted by molar-refractivity contribution is 6.30. The zero-order valence-electron chi connectivity index (χ0n) is 11.2. The van der Waals surface area contributed by atoms with Gasteiger partial charge in [-0.15, -0.1) is 0 Å². The molecular weight excluding hydrogens is 312 g/mol. The first-order chi connectivity index (χ1) is 10.6. The molecule has 0 saturated heterocycles. The van der Waals surface area contributed by atoms with Crippen LogP contribution >= 0.6 is 11.6 Å². The van der Waals surface area contributed by atoms with Crippen LogP contribution in [0, 0.1) is 11.6 Å². The molecule has 0 bridgehead atoms. The molecule has 1 heterocycles. The monoisotopic (exact) mass is 321 g/mol. The molecule has 0 atom stereocenters. The summed E-state index contributed by atoms with van der Waals surface area (Å²) in [7, 11) is 0. The van der Waals surface area contributed by atoms with Crippen molar-refractivity contribution < 1.29 is 18.4 Å². The second kappa shape index (κ2) is 5.87. The molecule has 0 saturated carbocycles. The largest absolute Gasteiger partial charge is 0.391 e. The standard InChI is InChI=1S/C16H10ClF2NO2/c17-10-3-1-9(2-4-10)15-13(8-21)16(22-20-15)12-7-11(18)5-6-14(12)19/h1-7,21H,8H2. The molecule has 0 aliphatic heterocycles. The summed E-state index contributed by atoms with van der Waals surface area (Å²) in [5, 5.41) is 14.0. The molecule has 0 aliphatic rings. The number of aliphatic hydroxyl groups is 1. The highest BCUT2D eigenvalue weighted by Gasteiger charge is 2.21. The minimum Gasteiger partial charge on any atom is -0.391 e. The van der Waals surface area contributed by atoms with Gasteiger partial charge in [-0.1, -0.05) is 28.9 Å². The Labute approximate surface area is 129 Å². The number of rotatable bonds is 3. The third-order valence-electron chi connectivity index (χ3n) is 3.24. The van der Waals surface area contributed by atoms with E-state index in [1.54, 1.807) is 24.3 Å². The Balaban J connectivity index is 2.15. The lowest BCUT2D eigenvalue weighted by Gasteiger charge is -2.03. The minimum atomic E-state index is -0.657. The normalized spacial score (nSPS) is 10.9. The number of hydrogen-bond acceptors (Lipinski definition) is 3. The van der Waals surface area contributed by atoms with Crippen LogP contribution < -0.4 is 0 Å². The highest BCUT2D eigenvalue weighted by atomic mass is 35.5. The van der Waals surface area contributed by atoms with E-state index in [9.17, 15) is 13.9 Å². The van der Waals surface area contributed by atoms with Crippen LogP contribution in [0.1, 0.15) is 5.56 Å². The Hall–Kier alpha value is -2.24. The molecule has 0 unspecified atom stereocenters. The first-order valence-corrected chi connectivity index (χ1v) is 6.78. The summed E-state index contributed by atoms with van der Waals surface area (Å²) in [6.07, 6.45) is 0. The first kappa shape index (κ1) is 14.7. The van der Waals surface area contributed by atoms with E-state index >= 15 is 0 Å². The molecule has 1 aromatic heterocycles. The van der Waals surface area contributed by atoms with E-state index < -0.39 is 18.2 Å². The van der Waals surface area contributed by atoms with Crippen LogP contribution in [0.25, 0.3) is 22.6 Å². The Morgan fingerprint density at radius 3 is 2.50 bits per heavy atom. The van der Waals surface area contributed by atoms with Gasteiger partial charge in [0.05, 0.1) is 17.7 Å². The van der Waals surface area contributed by atoms with Crippen molar-refractivity contribution in [3.63, 3.8) is 0 Å². The van der Waals surface area contributed by atoms with Crippen LogP contribution in [0.3, 0.4) is 0 Å². The number of aromatic nitrogens is 1. The fraction of sp³-hybridized carbons (Fsp3) is 0.0625. The van der Waals surface area contributed by atoms with Gasteiger partial charge in [-0.3, -0.25) is 0 Å². The number of nitrogens with zero attached hydrogens (tertiary/aromatic N) is 1. The quantitative estimate of drug-likeness (QED) is 0.776. The fourth-order valence-corrected chi connectivity index (χ4v) is 2.30. The zero-order valence-corrected chi connectivity index (χ0v) is 11.9. The molecule has 0 aliphatic carbocycles. The predicted molar refractivity (Wildman–Crippen MR) is 78.2 cm³/mol. The Morgan fingerprint density at radius 2 is 1.82 bits per heavy atom. The molecule has 0 radical (unpaired) electrons. The van der Waals surface area contributed by atoms with Gasteiger partial charge in [0.2, 0.25) is 0 Å². The molecule has 6 heteroatoms. The van der Waals surface area contributed by atoms with Crippen LogP contribution in [0.15, 0.2) is 47.0 Å². The van der Waals surface area contributed by atoms with E-state index in [0.29, 0.717) is 16.3 Å². The van der Waals surface area contributed by atoms with Gasteiger partial charge in [-0.25, -0.2) is 8.78 Å². The van der Waals surface area contributed by atoms with E-state index in [-0.39, 0.29) is 16.9 Å². The highest BCUT2D eigenvalue weighted by Crippen LogP contribution is 2.34. The van der Waals surface area contributed by atoms with E-state index in [0.717, 1.165) is 18.2 Å². The van der Waals surface area contributed by atoms with Crippen molar-refractivity contribution >= 4 is 11.6 Å². The molecule has 0 amide bonds. The lowest BCUT2D eigenvalue weighted by molar-refractivity contribution is 0.281. The summed E-state index contributed by atoms with van der Waals surface area (Å²) < 4.78 is 32.4. The lowest BCUT2D eigenvalue weighted by Crippen LogP contribution is -1.92. The number of halogens is 3. The number of hydrogen-bond donors (Lipinski definition) is 1. The maximum Gasteiger partial charge on any atom is 0.176 e. The van der Waals surface area contributed by atoms with Gasteiger partial charge >= 0.3 is 0 Å². The average molecular weight is 322 g/mol. The second-order valence-electron chi connectivity index (χ2n) is 4.63. The van der Waals surface area contributed by atoms with Crippen LogP contribution in [0.4, 0.5) is 8.78 Å². The van der Waals surface area contributed by atoms with Gasteiger partial charge in [0.1, 0.15) is 17.3 Å². The third-order valence-corrected chi connectivity index (χ3v) is 3.49. The van der Waals surface area contributed by atoms with Crippen LogP contribution in [-0.4, -0.2) is 10.3 Å². The lowest BCUT2D eigenvalue weighted by atomic mass is 10.0. The van der Waals surface area contributed by atoms with Gasteiger partial charge in [-0.2, -0.15) is 0 Å². The van der Waals surface area contributed by atoms with E-state index in [1.807, 2.05) is 0 Å². The fourth-order valence-electron chi connectivity index (χ4n) is 2.17. The SMILES string of the molecule is OCc1c(-c2ccc(Cl)cc2)noc1-c1cc(F)ccc1F. The molecule has 0 spiro atoms. The minimum absolute atomic E-state index is 0.00412. The summed E-state index contributed by atoms with van der Waals surface area (Å²) in [6.45, 7) is -0.424. The van der Waals surface area contributed by atoms with Crippen molar-refractivity contribution in [3.05, 3.63) is 64.7 Å². The van der Waals surface area contributed by atoms with Gasteiger partial charge < -0.3 is 9.63 Å². The zero-order chi connectivity index (χ0) is 15.7. The van der Waals surface area contributed by atoms with Crippen molar-refractivity contribution in [3.8, 4) is 22.6 Å². The van der Waals surface area contributed by atoms with Crippen molar-refractivity contribution in [2.24, 2.45) is 0 Å². The topological polar surface area (TPSA) is 46.3 Å². The Morgan fingerprint density at radius 1 is 1.09 bits per heavy atom. The average Bonchev–Trinajstić information content (AvgIpc) is 2.94.